The predicted molar refractivity (Wildman–Crippen MR) is 134 cm³/mol. The van der Waals surface area contributed by atoms with Gasteiger partial charge in [0.15, 0.2) is 11.5 Å². The number of halogens is 2. The number of nitrogens with zero attached hydrogens (tertiary/aromatic N) is 1. The minimum absolute atomic E-state index is 0.0221. The molecule has 0 atom stereocenters. The lowest BCUT2D eigenvalue weighted by Gasteiger charge is -2.15. The first kappa shape index (κ1) is 25.1. The number of amides is 3. The van der Waals surface area contributed by atoms with E-state index >= 15 is 0 Å². The fourth-order valence-corrected chi connectivity index (χ4v) is 4.21. The average Bonchev–Trinajstić information content (AvgIpc) is 3.00. The Morgan fingerprint density at radius 2 is 1.97 bits per heavy atom. The predicted octanol–water partition coefficient (Wildman–Crippen LogP) is 5.96. The number of carbonyl (C=O) groups excluding carboxylic acids is 3. The van der Waals surface area contributed by atoms with Gasteiger partial charge in [-0.15, -0.1) is 0 Å². The number of carbonyl (C=O) groups is 3. The van der Waals surface area contributed by atoms with Gasteiger partial charge in [0.05, 0.1) is 22.6 Å². The summed E-state index contributed by atoms with van der Waals surface area (Å²) in [5.74, 6) is 0.105. The maximum Gasteiger partial charge on any atom is 0.294 e. The fraction of sp³-hybridized carbons (Fsp3) is 0.261. The van der Waals surface area contributed by atoms with Crippen LogP contribution >= 0.6 is 39.3 Å². The molecule has 33 heavy (non-hydrogen) atoms. The first-order valence-corrected chi connectivity index (χ1v) is 12.1. The molecule has 3 amide bonds. The number of rotatable bonds is 8. The van der Waals surface area contributed by atoms with Gasteiger partial charge in [-0.3, -0.25) is 19.3 Å². The molecule has 0 aliphatic carbocycles. The monoisotopic (exact) mass is 552 g/mol. The van der Waals surface area contributed by atoms with Gasteiger partial charge in [-0.25, -0.2) is 0 Å². The van der Waals surface area contributed by atoms with Crippen LogP contribution in [-0.4, -0.2) is 41.2 Å². The maximum atomic E-state index is 12.8. The van der Waals surface area contributed by atoms with E-state index in [-0.39, 0.29) is 11.0 Å². The lowest BCUT2D eigenvalue weighted by atomic mass is 10.1. The van der Waals surface area contributed by atoms with Crippen LogP contribution in [0.5, 0.6) is 11.5 Å². The Morgan fingerprint density at radius 3 is 2.64 bits per heavy atom. The van der Waals surface area contributed by atoms with Gasteiger partial charge in [0.2, 0.25) is 5.91 Å². The third-order valence-electron chi connectivity index (χ3n) is 4.31. The van der Waals surface area contributed by atoms with Gasteiger partial charge in [0.1, 0.15) is 6.54 Å². The molecule has 174 valence electrons. The molecule has 1 saturated heterocycles. The Morgan fingerprint density at radius 1 is 1.21 bits per heavy atom. The number of imide groups is 1. The second-order valence-corrected chi connectivity index (χ2v) is 9.51. The lowest BCUT2D eigenvalue weighted by molar-refractivity contribution is -0.127. The zero-order valence-electron chi connectivity index (χ0n) is 18.2. The van der Waals surface area contributed by atoms with E-state index < -0.39 is 23.6 Å². The molecular weight excluding hydrogens is 532 g/mol. The molecule has 0 unspecified atom stereocenters. The molecule has 1 fully saturated rings. The zero-order chi connectivity index (χ0) is 24.1. The van der Waals surface area contributed by atoms with Gasteiger partial charge in [-0.1, -0.05) is 17.7 Å². The Bertz CT molecular complexity index is 1120. The number of ether oxygens (including phenoxy) is 2. The number of hydrogen-bond acceptors (Lipinski definition) is 6. The van der Waals surface area contributed by atoms with E-state index in [9.17, 15) is 14.4 Å². The van der Waals surface area contributed by atoms with E-state index in [0.29, 0.717) is 38.9 Å². The van der Waals surface area contributed by atoms with Gasteiger partial charge in [-0.05, 0) is 90.4 Å². The molecule has 1 heterocycles. The molecule has 0 bridgehead atoms. The summed E-state index contributed by atoms with van der Waals surface area (Å²) in [5.41, 5.74) is 1.14. The summed E-state index contributed by atoms with van der Waals surface area (Å²) in [7, 11) is 0. The molecular formula is C23H22BrClN2O5S. The Hall–Kier alpha value is -2.49. The van der Waals surface area contributed by atoms with Crippen molar-refractivity contribution in [3.05, 3.63) is 56.4 Å². The standard InChI is InChI=1S/C23H22BrClN2O5S/c1-4-31-19-9-14(5-8-18(19)32-13(2)3)10-20-22(29)27(23(30)33-20)12-21(28)26-15-6-7-16(24)17(25)11-15/h5-11,13H,4,12H2,1-3H3,(H,26,28)/b20-10+. The lowest BCUT2D eigenvalue weighted by Crippen LogP contribution is -2.36. The molecule has 2 aromatic rings. The summed E-state index contributed by atoms with van der Waals surface area (Å²) in [6.45, 7) is 5.75. The topological polar surface area (TPSA) is 84.9 Å². The highest BCUT2D eigenvalue weighted by molar-refractivity contribution is 9.10. The smallest absolute Gasteiger partial charge is 0.294 e. The van der Waals surface area contributed by atoms with Crippen LogP contribution < -0.4 is 14.8 Å². The second kappa shape index (κ2) is 11.1. The maximum absolute atomic E-state index is 12.8. The number of benzene rings is 2. The van der Waals surface area contributed by atoms with Crippen molar-refractivity contribution in [3.63, 3.8) is 0 Å². The molecule has 0 spiro atoms. The first-order valence-electron chi connectivity index (χ1n) is 10.1. The van der Waals surface area contributed by atoms with Crippen LogP contribution in [0.3, 0.4) is 0 Å². The zero-order valence-corrected chi connectivity index (χ0v) is 21.3. The van der Waals surface area contributed by atoms with Gasteiger partial charge in [0.25, 0.3) is 11.1 Å². The SMILES string of the molecule is CCOc1cc(/C=C2/SC(=O)N(CC(=O)Nc3ccc(Br)c(Cl)c3)C2=O)ccc1OC(C)C. The summed E-state index contributed by atoms with van der Waals surface area (Å²) in [5, 5.41) is 2.55. The van der Waals surface area contributed by atoms with E-state index in [1.165, 1.54) is 0 Å². The summed E-state index contributed by atoms with van der Waals surface area (Å²) in [6, 6.07) is 10.2. The quantitative estimate of drug-likeness (QED) is 0.406. The highest BCUT2D eigenvalue weighted by Gasteiger charge is 2.36. The highest BCUT2D eigenvalue weighted by Crippen LogP contribution is 2.35. The van der Waals surface area contributed by atoms with Crippen LogP contribution in [0.1, 0.15) is 26.3 Å². The van der Waals surface area contributed by atoms with Gasteiger partial charge in [-0.2, -0.15) is 0 Å². The summed E-state index contributed by atoms with van der Waals surface area (Å²) in [6.07, 6.45) is 1.57. The molecule has 0 aromatic heterocycles. The van der Waals surface area contributed by atoms with E-state index in [1.54, 1.807) is 42.5 Å². The van der Waals surface area contributed by atoms with Crippen LogP contribution in [0.25, 0.3) is 6.08 Å². The molecule has 0 saturated carbocycles. The van der Waals surface area contributed by atoms with Gasteiger partial charge in [0, 0.05) is 10.2 Å². The minimum atomic E-state index is -0.533. The Labute approximate surface area is 209 Å². The van der Waals surface area contributed by atoms with Crippen molar-refractivity contribution in [3.8, 4) is 11.5 Å². The third-order valence-corrected chi connectivity index (χ3v) is 6.45. The number of nitrogens with one attached hydrogen (secondary N) is 1. The molecule has 1 aliphatic heterocycles. The minimum Gasteiger partial charge on any atom is -0.490 e. The third kappa shape index (κ3) is 6.52. The Kier molecular flexibility index (Phi) is 8.45. The van der Waals surface area contributed by atoms with Crippen LogP contribution in [0.15, 0.2) is 45.8 Å². The molecule has 1 aliphatic rings. The van der Waals surface area contributed by atoms with Crippen molar-refractivity contribution >= 4 is 68.1 Å². The van der Waals surface area contributed by atoms with E-state index in [2.05, 4.69) is 21.2 Å². The van der Waals surface area contributed by atoms with Crippen LogP contribution in [0.2, 0.25) is 5.02 Å². The number of hydrogen-bond donors (Lipinski definition) is 1. The van der Waals surface area contributed by atoms with Crippen molar-refractivity contribution in [2.24, 2.45) is 0 Å². The number of anilines is 1. The summed E-state index contributed by atoms with van der Waals surface area (Å²) in [4.78, 5) is 38.7. The van der Waals surface area contributed by atoms with Crippen molar-refractivity contribution in [1.82, 2.24) is 4.90 Å². The van der Waals surface area contributed by atoms with Crippen LogP contribution in [0, 0.1) is 0 Å². The molecule has 1 N–H and O–H groups in total. The average molecular weight is 554 g/mol. The van der Waals surface area contributed by atoms with Gasteiger partial charge >= 0.3 is 0 Å². The van der Waals surface area contributed by atoms with E-state index in [4.69, 9.17) is 21.1 Å². The highest BCUT2D eigenvalue weighted by atomic mass is 79.9. The number of thioether (sulfide) groups is 1. The van der Waals surface area contributed by atoms with Crippen molar-refractivity contribution < 1.29 is 23.9 Å². The summed E-state index contributed by atoms with van der Waals surface area (Å²) >= 11 is 10.1. The normalized spacial score (nSPS) is 14.8. The first-order chi connectivity index (χ1) is 15.7. The Balaban J connectivity index is 1.73. The van der Waals surface area contributed by atoms with Crippen molar-refractivity contribution in [2.75, 3.05) is 18.5 Å². The molecule has 10 heteroatoms. The molecule has 2 aromatic carbocycles. The van der Waals surface area contributed by atoms with Crippen LogP contribution in [-0.2, 0) is 9.59 Å². The van der Waals surface area contributed by atoms with E-state index in [0.717, 1.165) is 16.7 Å². The molecule has 3 rings (SSSR count). The van der Waals surface area contributed by atoms with E-state index in [1.807, 2.05) is 20.8 Å². The molecule has 0 radical (unpaired) electrons. The largest absolute Gasteiger partial charge is 0.490 e. The molecule has 7 nitrogen and oxygen atoms in total. The van der Waals surface area contributed by atoms with Crippen LogP contribution in [0.4, 0.5) is 10.5 Å². The van der Waals surface area contributed by atoms with Crippen molar-refractivity contribution in [1.29, 1.82) is 0 Å². The summed E-state index contributed by atoms with van der Waals surface area (Å²) < 4.78 is 12.1. The fourth-order valence-electron chi connectivity index (χ4n) is 2.94. The second-order valence-electron chi connectivity index (χ2n) is 7.25. The van der Waals surface area contributed by atoms with Crippen molar-refractivity contribution in [2.45, 2.75) is 26.9 Å². The van der Waals surface area contributed by atoms with Gasteiger partial charge < -0.3 is 14.8 Å².